The molecule has 186 valence electrons. The molecule has 2 saturated heterocycles. The van der Waals surface area contributed by atoms with Gasteiger partial charge in [0.15, 0.2) is 0 Å². The summed E-state index contributed by atoms with van der Waals surface area (Å²) in [5, 5.41) is 0. The van der Waals surface area contributed by atoms with Gasteiger partial charge in [0.2, 0.25) is 17.7 Å². The standard InChI is InChI=1S/C29H26N4O4/c1-2-16-31-22-14-9-15-30-21(22)17-20-23(27(35)32(26(20)34)18-10-5-3-6-11-18)24-25(31)29(37)33(28(24)36)19-12-7-4-8-13-19/h3-15,20,23-25H,2,16-17H2,1H3/t20-,23+,24+,25-/m1/s1. The van der Waals surface area contributed by atoms with Crippen LogP contribution in [0.1, 0.15) is 19.0 Å². The second-order valence-corrected chi connectivity index (χ2v) is 9.66. The smallest absolute Gasteiger partial charge is 0.257 e. The first-order valence-electron chi connectivity index (χ1n) is 12.6. The molecular weight excluding hydrogens is 468 g/mol. The van der Waals surface area contributed by atoms with Crippen LogP contribution in [0.3, 0.4) is 0 Å². The van der Waals surface area contributed by atoms with Crippen molar-refractivity contribution in [1.29, 1.82) is 0 Å². The first-order chi connectivity index (χ1) is 18.0. The quantitative estimate of drug-likeness (QED) is 0.518. The van der Waals surface area contributed by atoms with E-state index in [9.17, 15) is 19.2 Å². The van der Waals surface area contributed by atoms with E-state index in [2.05, 4.69) is 4.98 Å². The predicted octanol–water partition coefficient (Wildman–Crippen LogP) is 3.22. The number of benzene rings is 2. The molecule has 8 nitrogen and oxygen atoms in total. The predicted molar refractivity (Wildman–Crippen MR) is 138 cm³/mol. The number of anilines is 3. The summed E-state index contributed by atoms with van der Waals surface area (Å²) in [6.45, 7) is 2.51. The third-order valence-corrected chi connectivity index (χ3v) is 7.60. The fourth-order valence-electron chi connectivity index (χ4n) is 6.09. The van der Waals surface area contributed by atoms with Crippen LogP contribution in [0.5, 0.6) is 0 Å². The molecule has 0 N–H and O–H groups in total. The summed E-state index contributed by atoms with van der Waals surface area (Å²) in [6.07, 6.45) is 2.59. The molecular formula is C29H26N4O4. The third kappa shape index (κ3) is 3.47. The van der Waals surface area contributed by atoms with Gasteiger partial charge < -0.3 is 4.90 Å². The lowest BCUT2D eigenvalue weighted by molar-refractivity contribution is -0.130. The van der Waals surface area contributed by atoms with E-state index < -0.39 is 35.6 Å². The molecule has 2 fully saturated rings. The molecule has 3 aliphatic heterocycles. The molecule has 37 heavy (non-hydrogen) atoms. The number of carbonyl (C=O) groups is 4. The topological polar surface area (TPSA) is 90.9 Å². The van der Waals surface area contributed by atoms with Crippen LogP contribution in [0, 0.1) is 17.8 Å². The minimum Gasteiger partial charge on any atom is -0.357 e. The number of nitrogens with zero attached hydrogens (tertiary/aromatic N) is 4. The molecule has 2 aromatic carbocycles. The Morgan fingerprint density at radius 2 is 1.32 bits per heavy atom. The molecule has 0 spiro atoms. The van der Waals surface area contributed by atoms with Gasteiger partial charge in [0.25, 0.3) is 5.91 Å². The normalized spacial score (nSPS) is 25.1. The molecule has 4 heterocycles. The number of imide groups is 2. The van der Waals surface area contributed by atoms with Crippen LogP contribution in [0.4, 0.5) is 17.1 Å². The van der Waals surface area contributed by atoms with E-state index in [4.69, 9.17) is 0 Å². The molecule has 0 unspecified atom stereocenters. The molecule has 3 aromatic rings. The van der Waals surface area contributed by atoms with Crippen LogP contribution in [-0.2, 0) is 25.6 Å². The number of fused-ring (bicyclic) bond motifs is 4. The first-order valence-corrected chi connectivity index (χ1v) is 12.6. The van der Waals surface area contributed by atoms with Crippen LogP contribution in [-0.4, -0.2) is 41.2 Å². The highest BCUT2D eigenvalue weighted by atomic mass is 16.2. The van der Waals surface area contributed by atoms with E-state index in [1.807, 2.05) is 30.0 Å². The van der Waals surface area contributed by atoms with Crippen molar-refractivity contribution in [1.82, 2.24) is 4.98 Å². The van der Waals surface area contributed by atoms with Gasteiger partial charge in [-0.25, -0.2) is 4.90 Å². The average molecular weight is 495 g/mol. The highest BCUT2D eigenvalue weighted by Crippen LogP contribution is 2.47. The van der Waals surface area contributed by atoms with E-state index in [0.717, 1.165) is 12.1 Å². The van der Waals surface area contributed by atoms with Gasteiger partial charge in [-0.05, 0) is 42.8 Å². The first kappa shape index (κ1) is 23.1. The molecule has 0 radical (unpaired) electrons. The van der Waals surface area contributed by atoms with Crippen LogP contribution in [0.25, 0.3) is 0 Å². The van der Waals surface area contributed by atoms with Crippen LogP contribution in [0.15, 0.2) is 79.0 Å². The molecule has 0 aliphatic carbocycles. The zero-order chi connectivity index (χ0) is 25.7. The third-order valence-electron chi connectivity index (χ3n) is 7.60. The lowest BCUT2D eigenvalue weighted by Crippen LogP contribution is -2.50. The van der Waals surface area contributed by atoms with E-state index in [1.54, 1.807) is 60.8 Å². The van der Waals surface area contributed by atoms with E-state index in [0.29, 0.717) is 23.6 Å². The number of amides is 4. The summed E-state index contributed by atoms with van der Waals surface area (Å²) >= 11 is 0. The Hall–Kier alpha value is -4.33. The van der Waals surface area contributed by atoms with Crippen molar-refractivity contribution in [2.24, 2.45) is 17.8 Å². The highest BCUT2D eigenvalue weighted by Gasteiger charge is 2.63. The number of carbonyl (C=O) groups excluding carboxylic acids is 4. The Morgan fingerprint density at radius 3 is 1.95 bits per heavy atom. The van der Waals surface area contributed by atoms with Crippen molar-refractivity contribution in [3.8, 4) is 0 Å². The lowest BCUT2D eigenvalue weighted by Gasteiger charge is -2.37. The molecule has 3 aliphatic rings. The van der Waals surface area contributed by atoms with E-state index >= 15 is 0 Å². The Bertz CT molecular complexity index is 1390. The van der Waals surface area contributed by atoms with Gasteiger partial charge in [-0.1, -0.05) is 43.3 Å². The summed E-state index contributed by atoms with van der Waals surface area (Å²) < 4.78 is 0. The Morgan fingerprint density at radius 1 is 0.730 bits per heavy atom. The summed E-state index contributed by atoms with van der Waals surface area (Å²) in [5.41, 5.74) is 2.30. The highest BCUT2D eigenvalue weighted by molar-refractivity contribution is 6.29. The number of rotatable bonds is 4. The number of para-hydroxylation sites is 2. The summed E-state index contributed by atoms with van der Waals surface area (Å²) in [6, 6.07) is 20.3. The van der Waals surface area contributed by atoms with E-state index in [-0.39, 0.29) is 18.2 Å². The van der Waals surface area contributed by atoms with Crippen LogP contribution < -0.4 is 14.7 Å². The largest absolute Gasteiger partial charge is 0.357 e. The number of hydrogen-bond acceptors (Lipinski definition) is 6. The van der Waals surface area contributed by atoms with Gasteiger partial charge in [0.05, 0.1) is 40.5 Å². The molecule has 8 heteroatoms. The van der Waals surface area contributed by atoms with Gasteiger partial charge in [-0.15, -0.1) is 0 Å². The maximum Gasteiger partial charge on any atom is 0.257 e. The van der Waals surface area contributed by atoms with Crippen molar-refractivity contribution < 1.29 is 19.2 Å². The molecule has 4 atom stereocenters. The Labute approximate surface area is 214 Å². The molecule has 0 bridgehead atoms. The van der Waals surface area contributed by atoms with Gasteiger partial charge in [-0.3, -0.25) is 29.1 Å². The Balaban J connectivity index is 1.55. The zero-order valence-electron chi connectivity index (χ0n) is 20.4. The molecule has 4 amide bonds. The van der Waals surface area contributed by atoms with Gasteiger partial charge in [0, 0.05) is 19.2 Å². The second kappa shape index (κ2) is 8.96. The monoisotopic (exact) mass is 494 g/mol. The molecule has 1 aromatic heterocycles. The van der Waals surface area contributed by atoms with Gasteiger partial charge in [0.1, 0.15) is 6.04 Å². The fourth-order valence-corrected chi connectivity index (χ4v) is 6.09. The number of aromatic nitrogens is 1. The van der Waals surface area contributed by atoms with E-state index in [1.165, 1.54) is 9.80 Å². The summed E-state index contributed by atoms with van der Waals surface area (Å²) in [7, 11) is 0. The van der Waals surface area contributed by atoms with Crippen LogP contribution in [0.2, 0.25) is 0 Å². The minimum absolute atomic E-state index is 0.213. The van der Waals surface area contributed by atoms with Crippen molar-refractivity contribution in [2.75, 3.05) is 21.2 Å². The molecule has 0 saturated carbocycles. The van der Waals surface area contributed by atoms with Crippen molar-refractivity contribution in [2.45, 2.75) is 25.8 Å². The average Bonchev–Trinajstić information content (AvgIpc) is 3.30. The number of pyridine rings is 1. The molecule has 6 rings (SSSR count). The lowest BCUT2D eigenvalue weighted by atomic mass is 9.76. The summed E-state index contributed by atoms with van der Waals surface area (Å²) in [4.78, 5) is 64.9. The van der Waals surface area contributed by atoms with Gasteiger partial charge >= 0.3 is 0 Å². The van der Waals surface area contributed by atoms with Crippen molar-refractivity contribution in [3.05, 3.63) is 84.7 Å². The van der Waals surface area contributed by atoms with Crippen molar-refractivity contribution >= 4 is 40.7 Å². The second-order valence-electron chi connectivity index (χ2n) is 9.66. The SMILES string of the molecule is CCCN1c2cccnc2C[C@H]2C(=O)N(c3ccccc3)C(=O)[C@@H]2[C@@H]2C(=O)N(c3ccccc3)C(=O)[C@@H]21. The Kier molecular flexibility index (Phi) is 5.59. The minimum atomic E-state index is -0.997. The zero-order valence-corrected chi connectivity index (χ0v) is 20.4. The summed E-state index contributed by atoms with van der Waals surface area (Å²) in [5.74, 6) is -4.41. The fraction of sp³-hybridized carbons (Fsp3) is 0.276. The van der Waals surface area contributed by atoms with Crippen LogP contribution >= 0.6 is 0 Å². The maximum atomic E-state index is 14.1. The van der Waals surface area contributed by atoms with Gasteiger partial charge in [-0.2, -0.15) is 0 Å². The number of hydrogen-bond donors (Lipinski definition) is 0. The maximum absolute atomic E-state index is 14.1. The van der Waals surface area contributed by atoms with Crippen molar-refractivity contribution in [3.63, 3.8) is 0 Å².